The van der Waals surface area contributed by atoms with Gasteiger partial charge in [-0.1, -0.05) is 206 Å². The van der Waals surface area contributed by atoms with Crippen LogP contribution >= 0.6 is 0 Å². The van der Waals surface area contributed by atoms with Crippen molar-refractivity contribution in [3.8, 4) is 0 Å². The van der Waals surface area contributed by atoms with Gasteiger partial charge in [0.1, 0.15) is 0 Å². The third-order valence-electron chi connectivity index (χ3n) is 9.65. The number of hydrogen-bond acceptors (Lipinski definition) is 0. The highest BCUT2D eigenvalue weighted by atomic mass is 14.9. The number of fused-ring (bicyclic) bond motifs is 6. The molecule has 0 amide bonds. The summed E-state index contributed by atoms with van der Waals surface area (Å²) in [6, 6.07) is 48.1. The Hall–Kier alpha value is -5.08. The van der Waals surface area contributed by atoms with E-state index in [2.05, 4.69) is 184 Å². The molecule has 2 nitrogen and oxygen atoms in total. The minimum absolute atomic E-state index is 0.939. The quantitative estimate of drug-likeness (QED) is 0.168. The number of para-hydroxylation sites is 2. The van der Waals surface area contributed by atoms with Crippen molar-refractivity contribution < 1.29 is 0 Å². The van der Waals surface area contributed by atoms with Crippen LogP contribution in [0.2, 0.25) is 0 Å². The fraction of sp³-hybridized carbons (Fsp3) is 0.368. The Morgan fingerprint density at radius 1 is 0.339 bits per heavy atom. The normalized spacial score (nSPS) is 9.39. The van der Waals surface area contributed by atoms with Crippen LogP contribution in [0.3, 0.4) is 0 Å². The van der Waals surface area contributed by atoms with Crippen LogP contribution in [0.5, 0.6) is 0 Å². The first-order chi connectivity index (χ1) is 28.9. The molecule has 320 valence electrons. The van der Waals surface area contributed by atoms with Crippen LogP contribution in [0, 0.1) is 13.8 Å². The van der Waals surface area contributed by atoms with Crippen molar-refractivity contribution in [2.45, 2.75) is 130 Å². The molecule has 0 radical (unpaired) electrons. The predicted octanol–water partition coefficient (Wildman–Crippen LogP) is 17.8. The van der Waals surface area contributed by atoms with Crippen LogP contribution in [0.15, 0.2) is 133 Å². The van der Waals surface area contributed by atoms with E-state index in [1.54, 1.807) is 0 Å². The number of nitrogens with zero attached hydrogens (tertiary/aromatic N) is 2. The molecular weight excluding hydrogens is 713 g/mol. The molecular formula is C57H82N2. The first kappa shape index (κ1) is 53.9. The summed E-state index contributed by atoms with van der Waals surface area (Å²) < 4.78 is 4.61. The second-order valence-corrected chi connectivity index (χ2v) is 12.6. The monoisotopic (exact) mass is 795 g/mol. The summed E-state index contributed by atoms with van der Waals surface area (Å²) in [4.78, 5) is 0. The summed E-state index contributed by atoms with van der Waals surface area (Å²) >= 11 is 0. The maximum absolute atomic E-state index is 2.35. The van der Waals surface area contributed by atoms with E-state index in [9.17, 15) is 0 Å². The molecule has 0 saturated carbocycles. The van der Waals surface area contributed by atoms with Gasteiger partial charge in [0.25, 0.3) is 0 Å². The zero-order valence-electron chi connectivity index (χ0n) is 40.7. The average Bonchev–Trinajstić information content (AvgIpc) is 3.77. The molecule has 0 atom stereocenters. The highest BCUT2D eigenvalue weighted by Crippen LogP contribution is 2.31. The Morgan fingerprint density at radius 3 is 0.932 bits per heavy atom. The van der Waals surface area contributed by atoms with Gasteiger partial charge in [0.2, 0.25) is 0 Å². The van der Waals surface area contributed by atoms with Gasteiger partial charge in [0.15, 0.2) is 0 Å². The van der Waals surface area contributed by atoms with Crippen molar-refractivity contribution in [2.24, 2.45) is 14.1 Å². The fourth-order valence-corrected chi connectivity index (χ4v) is 6.88. The number of aromatic nitrogens is 2. The lowest BCUT2D eigenvalue weighted by Crippen LogP contribution is -1.92. The lowest BCUT2D eigenvalue weighted by molar-refractivity contribution is 1.01. The Morgan fingerprint density at radius 2 is 0.627 bits per heavy atom. The van der Waals surface area contributed by atoms with E-state index in [4.69, 9.17) is 0 Å². The van der Waals surface area contributed by atoms with Gasteiger partial charge in [-0.2, -0.15) is 0 Å². The van der Waals surface area contributed by atoms with Gasteiger partial charge < -0.3 is 9.13 Å². The van der Waals surface area contributed by atoms with Crippen molar-refractivity contribution >= 4 is 43.6 Å². The third-order valence-corrected chi connectivity index (χ3v) is 9.65. The molecule has 0 aliphatic carbocycles. The summed E-state index contributed by atoms with van der Waals surface area (Å²) in [5.41, 5.74) is 13.6. The zero-order chi connectivity index (χ0) is 44.9. The largest absolute Gasteiger partial charge is 0.344 e. The number of hydrogen-bond donors (Lipinski definition) is 0. The molecule has 0 aliphatic rings. The van der Waals surface area contributed by atoms with Crippen LogP contribution in [-0.2, 0) is 33.4 Å². The Kier molecular flexibility index (Phi) is 28.3. The highest BCUT2D eigenvalue weighted by molar-refractivity contribution is 6.09. The molecule has 6 aromatic carbocycles. The van der Waals surface area contributed by atoms with E-state index in [0.717, 1.165) is 19.3 Å². The Balaban J connectivity index is 0.000000927. The van der Waals surface area contributed by atoms with Crippen LogP contribution < -0.4 is 0 Å². The van der Waals surface area contributed by atoms with E-state index in [0.29, 0.717) is 0 Å². The van der Waals surface area contributed by atoms with Gasteiger partial charge >= 0.3 is 0 Å². The number of aryl methyl sites for hydroxylation is 6. The SMILES string of the molecule is CC.CC.CC.CC.CC.CC.CCc1ccccc1C.CCc1ccccc1C.Cn1c2ccccc2c2ccc(Cc3ccc4c5ccccc5n(C)c4c3)cc21. The van der Waals surface area contributed by atoms with Gasteiger partial charge in [0.05, 0.1) is 0 Å². The molecule has 0 bridgehead atoms. The second kappa shape index (κ2) is 30.9. The van der Waals surface area contributed by atoms with E-state index in [1.165, 1.54) is 77.0 Å². The minimum Gasteiger partial charge on any atom is -0.344 e. The Labute approximate surface area is 362 Å². The molecule has 0 spiro atoms. The minimum atomic E-state index is 0.939. The molecule has 8 aromatic rings. The number of benzene rings is 6. The van der Waals surface area contributed by atoms with Gasteiger partial charge in [-0.3, -0.25) is 0 Å². The van der Waals surface area contributed by atoms with Gasteiger partial charge in [0, 0.05) is 57.7 Å². The lowest BCUT2D eigenvalue weighted by Gasteiger charge is -2.06. The molecule has 59 heavy (non-hydrogen) atoms. The fourth-order valence-electron chi connectivity index (χ4n) is 6.88. The van der Waals surface area contributed by atoms with Crippen LogP contribution in [0.4, 0.5) is 0 Å². The van der Waals surface area contributed by atoms with Crippen LogP contribution in [0.1, 0.15) is 130 Å². The maximum Gasteiger partial charge on any atom is 0.0491 e. The topological polar surface area (TPSA) is 9.86 Å². The summed E-state index contributed by atoms with van der Waals surface area (Å²) in [5, 5.41) is 5.31. The van der Waals surface area contributed by atoms with Crippen molar-refractivity contribution in [3.05, 3.63) is 167 Å². The summed E-state index contributed by atoms with van der Waals surface area (Å²) in [6.07, 6.45) is 3.23. The first-order valence-corrected chi connectivity index (χ1v) is 22.9. The summed E-state index contributed by atoms with van der Waals surface area (Å²) in [5.74, 6) is 0. The zero-order valence-corrected chi connectivity index (χ0v) is 40.7. The van der Waals surface area contributed by atoms with Crippen molar-refractivity contribution in [3.63, 3.8) is 0 Å². The third kappa shape index (κ3) is 14.6. The molecule has 0 fully saturated rings. The molecule has 0 saturated heterocycles. The molecule has 2 heteroatoms. The summed E-state index contributed by atoms with van der Waals surface area (Å²) in [6.45, 7) is 32.7. The van der Waals surface area contributed by atoms with E-state index < -0.39 is 0 Å². The molecule has 0 unspecified atom stereocenters. The second-order valence-electron chi connectivity index (χ2n) is 12.6. The summed E-state index contributed by atoms with van der Waals surface area (Å²) in [7, 11) is 4.33. The standard InChI is InChI=1S/C27H22N2.2C9H12.6C2H6/c1-28-24-9-5-3-7-20(24)22-13-11-18(16-26(22)28)15-19-12-14-23-21-8-4-6-10-25(21)29(2)27(23)17-19;2*1-3-9-7-5-4-6-8(9)2;6*1-2/h3-14,16-17H,15H2,1-2H3;2*4-7H,3H2,1-2H3;6*1-2H3. The molecule has 2 heterocycles. The maximum atomic E-state index is 2.35. The van der Waals surface area contributed by atoms with E-state index in [1.807, 2.05) is 83.1 Å². The van der Waals surface area contributed by atoms with E-state index >= 15 is 0 Å². The lowest BCUT2D eigenvalue weighted by atomic mass is 10.0. The van der Waals surface area contributed by atoms with Crippen LogP contribution in [-0.4, -0.2) is 9.13 Å². The smallest absolute Gasteiger partial charge is 0.0491 e. The first-order valence-electron chi connectivity index (χ1n) is 22.9. The molecule has 0 aliphatic heterocycles. The van der Waals surface area contributed by atoms with E-state index in [-0.39, 0.29) is 0 Å². The predicted molar refractivity (Wildman–Crippen MR) is 273 cm³/mol. The molecule has 2 aromatic heterocycles. The Bertz CT molecular complexity index is 2130. The van der Waals surface area contributed by atoms with Crippen molar-refractivity contribution in [2.75, 3.05) is 0 Å². The number of rotatable bonds is 4. The highest BCUT2D eigenvalue weighted by Gasteiger charge is 2.11. The molecule has 0 N–H and O–H groups in total. The van der Waals surface area contributed by atoms with Crippen molar-refractivity contribution in [1.29, 1.82) is 0 Å². The van der Waals surface area contributed by atoms with Gasteiger partial charge in [-0.25, -0.2) is 0 Å². The van der Waals surface area contributed by atoms with Gasteiger partial charge in [-0.15, -0.1) is 0 Å². The molecule has 8 rings (SSSR count). The van der Waals surface area contributed by atoms with Crippen molar-refractivity contribution in [1.82, 2.24) is 9.13 Å². The van der Waals surface area contributed by atoms with Crippen LogP contribution in [0.25, 0.3) is 43.6 Å². The van der Waals surface area contributed by atoms with Gasteiger partial charge in [-0.05, 0) is 90.8 Å². The average molecular weight is 795 g/mol.